The minimum atomic E-state index is -0.0645. The molecular formula is C17H24ClN5O4. The number of hydrogen-bond donors (Lipinski definition) is 1. The molecule has 0 radical (unpaired) electrons. The lowest BCUT2D eigenvalue weighted by molar-refractivity contribution is 0.0620. The Labute approximate surface area is 163 Å². The summed E-state index contributed by atoms with van der Waals surface area (Å²) in [5.74, 6) is 1.98. The van der Waals surface area contributed by atoms with Crippen LogP contribution >= 0.6 is 12.4 Å². The van der Waals surface area contributed by atoms with Crippen molar-refractivity contribution in [1.82, 2.24) is 19.9 Å². The van der Waals surface area contributed by atoms with Crippen LogP contribution in [0.1, 0.15) is 22.1 Å². The van der Waals surface area contributed by atoms with Gasteiger partial charge in [0.2, 0.25) is 5.89 Å². The van der Waals surface area contributed by atoms with Crippen molar-refractivity contribution < 1.29 is 18.8 Å². The number of hydrogen-bond acceptors (Lipinski definition) is 8. The van der Waals surface area contributed by atoms with Crippen molar-refractivity contribution in [2.24, 2.45) is 5.73 Å². The lowest BCUT2D eigenvalue weighted by Gasteiger charge is -2.34. The standard InChI is InChI=1S/C17H23N5O4.ClH/c1-24-13-5-3-4-12(16(13)25-2)17(23)22-8-6-21(7-9-22)11-14-19-15(10-18)26-20-14;/h3-5H,6-11,18H2,1-2H3;1H. The molecule has 2 heterocycles. The van der Waals surface area contributed by atoms with Gasteiger partial charge in [0, 0.05) is 26.2 Å². The summed E-state index contributed by atoms with van der Waals surface area (Å²) >= 11 is 0. The number of ether oxygens (including phenoxy) is 2. The Bertz CT molecular complexity index is 762. The topological polar surface area (TPSA) is 107 Å². The fourth-order valence-electron chi connectivity index (χ4n) is 2.97. The molecule has 1 aliphatic rings. The molecule has 27 heavy (non-hydrogen) atoms. The number of methoxy groups -OCH3 is 2. The molecule has 148 valence electrons. The fraction of sp³-hybridized carbons (Fsp3) is 0.471. The molecule has 1 fully saturated rings. The van der Waals surface area contributed by atoms with E-state index in [1.807, 2.05) is 4.90 Å². The maximum atomic E-state index is 12.9. The van der Waals surface area contributed by atoms with Crippen LogP contribution in [0, 0.1) is 0 Å². The van der Waals surface area contributed by atoms with Gasteiger partial charge in [0.1, 0.15) is 0 Å². The van der Waals surface area contributed by atoms with Crippen LogP contribution in [0.15, 0.2) is 22.7 Å². The van der Waals surface area contributed by atoms with E-state index < -0.39 is 0 Å². The van der Waals surface area contributed by atoms with Gasteiger partial charge in [-0.3, -0.25) is 9.69 Å². The van der Waals surface area contributed by atoms with Crippen LogP contribution in [0.25, 0.3) is 0 Å². The number of aromatic nitrogens is 2. The first-order valence-electron chi connectivity index (χ1n) is 8.40. The van der Waals surface area contributed by atoms with E-state index in [1.165, 1.54) is 7.11 Å². The SMILES string of the molecule is COc1cccc(C(=O)N2CCN(Cc3noc(CN)n3)CC2)c1OC.Cl. The Balaban J connectivity index is 0.00000261. The van der Waals surface area contributed by atoms with Gasteiger partial charge >= 0.3 is 0 Å². The summed E-state index contributed by atoms with van der Waals surface area (Å²) in [6.45, 7) is 3.49. The van der Waals surface area contributed by atoms with Crippen molar-refractivity contribution in [3.63, 3.8) is 0 Å². The highest BCUT2D eigenvalue weighted by atomic mass is 35.5. The largest absolute Gasteiger partial charge is 0.493 e. The van der Waals surface area contributed by atoms with Crippen LogP contribution in [0.5, 0.6) is 11.5 Å². The van der Waals surface area contributed by atoms with E-state index in [-0.39, 0.29) is 24.9 Å². The maximum absolute atomic E-state index is 12.9. The summed E-state index contributed by atoms with van der Waals surface area (Å²) in [7, 11) is 3.09. The molecule has 1 aromatic heterocycles. The number of halogens is 1. The van der Waals surface area contributed by atoms with E-state index in [0.29, 0.717) is 48.4 Å². The summed E-state index contributed by atoms with van der Waals surface area (Å²) < 4.78 is 15.7. The van der Waals surface area contributed by atoms with Gasteiger partial charge in [0.25, 0.3) is 5.91 Å². The summed E-state index contributed by atoms with van der Waals surface area (Å²) in [6.07, 6.45) is 0. The molecule has 1 amide bonds. The first-order valence-corrected chi connectivity index (χ1v) is 8.40. The van der Waals surface area contributed by atoms with Gasteiger partial charge in [0.05, 0.1) is 32.9 Å². The second-order valence-corrected chi connectivity index (χ2v) is 5.92. The minimum Gasteiger partial charge on any atom is -0.493 e. The molecule has 0 bridgehead atoms. The van der Waals surface area contributed by atoms with Crippen molar-refractivity contribution in [2.45, 2.75) is 13.1 Å². The molecule has 0 saturated carbocycles. The number of amides is 1. The lowest BCUT2D eigenvalue weighted by atomic mass is 10.1. The predicted molar refractivity (Wildman–Crippen MR) is 100 cm³/mol. The summed E-state index contributed by atoms with van der Waals surface area (Å²) in [5, 5.41) is 3.91. The smallest absolute Gasteiger partial charge is 0.257 e. The van der Waals surface area contributed by atoms with Crippen LogP contribution in [-0.4, -0.2) is 66.2 Å². The Kier molecular flexibility index (Phi) is 7.40. The number of carbonyl (C=O) groups excluding carboxylic acids is 1. The number of nitrogens with two attached hydrogens (primary N) is 1. The molecule has 0 aliphatic carbocycles. The molecule has 10 heteroatoms. The molecule has 0 spiro atoms. The Hall–Kier alpha value is -2.36. The van der Waals surface area contributed by atoms with E-state index in [9.17, 15) is 4.79 Å². The van der Waals surface area contributed by atoms with Crippen LogP contribution in [0.2, 0.25) is 0 Å². The number of carbonyl (C=O) groups is 1. The van der Waals surface area contributed by atoms with Crippen LogP contribution in [0.4, 0.5) is 0 Å². The van der Waals surface area contributed by atoms with E-state index in [2.05, 4.69) is 15.0 Å². The van der Waals surface area contributed by atoms with Gasteiger partial charge in [-0.25, -0.2) is 0 Å². The van der Waals surface area contributed by atoms with Crippen LogP contribution in [0.3, 0.4) is 0 Å². The Morgan fingerprint density at radius 3 is 2.56 bits per heavy atom. The summed E-state index contributed by atoms with van der Waals surface area (Å²) in [5.41, 5.74) is 5.98. The van der Waals surface area contributed by atoms with Gasteiger partial charge in [0.15, 0.2) is 17.3 Å². The first-order chi connectivity index (χ1) is 12.7. The molecule has 1 aromatic carbocycles. The van der Waals surface area contributed by atoms with Gasteiger partial charge in [-0.2, -0.15) is 4.98 Å². The molecule has 2 N–H and O–H groups in total. The third-order valence-corrected chi connectivity index (χ3v) is 4.34. The van der Waals surface area contributed by atoms with Crippen molar-refractivity contribution >= 4 is 18.3 Å². The summed E-state index contributed by atoms with van der Waals surface area (Å²) in [6, 6.07) is 5.31. The summed E-state index contributed by atoms with van der Waals surface area (Å²) in [4.78, 5) is 21.1. The molecule has 0 atom stereocenters. The number of nitrogens with zero attached hydrogens (tertiary/aromatic N) is 4. The zero-order valence-corrected chi connectivity index (χ0v) is 16.2. The third kappa shape index (κ3) is 4.68. The highest BCUT2D eigenvalue weighted by Gasteiger charge is 2.26. The fourth-order valence-corrected chi connectivity index (χ4v) is 2.97. The molecule has 2 aromatic rings. The maximum Gasteiger partial charge on any atom is 0.257 e. The highest BCUT2D eigenvalue weighted by molar-refractivity contribution is 5.97. The van der Waals surface area contributed by atoms with Crippen molar-refractivity contribution in [3.8, 4) is 11.5 Å². The Morgan fingerprint density at radius 2 is 1.96 bits per heavy atom. The zero-order valence-electron chi connectivity index (χ0n) is 15.4. The minimum absolute atomic E-state index is 0. The second-order valence-electron chi connectivity index (χ2n) is 5.92. The lowest BCUT2D eigenvalue weighted by Crippen LogP contribution is -2.48. The molecule has 1 saturated heterocycles. The number of piperazine rings is 1. The van der Waals surface area contributed by atoms with E-state index >= 15 is 0 Å². The predicted octanol–water partition coefficient (Wildman–Crippen LogP) is 0.925. The molecular weight excluding hydrogens is 374 g/mol. The second kappa shape index (κ2) is 9.54. The molecule has 1 aliphatic heterocycles. The number of para-hydroxylation sites is 1. The normalized spacial score (nSPS) is 14.6. The zero-order chi connectivity index (χ0) is 18.5. The quantitative estimate of drug-likeness (QED) is 0.766. The van der Waals surface area contributed by atoms with Crippen LogP contribution < -0.4 is 15.2 Å². The van der Waals surface area contributed by atoms with Gasteiger partial charge in [-0.1, -0.05) is 11.2 Å². The van der Waals surface area contributed by atoms with E-state index in [0.717, 1.165) is 13.1 Å². The van der Waals surface area contributed by atoms with E-state index in [1.54, 1.807) is 25.3 Å². The molecule has 9 nitrogen and oxygen atoms in total. The highest BCUT2D eigenvalue weighted by Crippen LogP contribution is 2.31. The van der Waals surface area contributed by atoms with Crippen molar-refractivity contribution in [2.75, 3.05) is 40.4 Å². The average molecular weight is 398 g/mol. The monoisotopic (exact) mass is 397 g/mol. The van der Waals surface area contributed by atoms with Crippen molar-refractivity contribution in [3.05, 3.63) is 35.5 Å². The average Bonchev–Trinajstić information content (AvgIpc) is 3.14. The third-order valence-electron chi connectivity index (χ3n) is 4.34. The van der Waals surface area contributed by atoms with E-state index in [4.69, 9.17) is 19.7 Å². The van der Waals surface area contributed by atoms with Crippen LogP contribution in [-0.2, 0) is 13.1 Å². The van der Waals surface area contributed by atoms with Gasteiger partial charge in [-0.15, -0.1) is 12.4 Å². The molecule has 0 unspecified atom stereocenters. The first kappa shape index (κ1) is 20.9. The number of benzene rings is 1. The van der Waals surface area contributed by atoms with Crippen molar-refractivity contribution in [1.29, 1.82) is 0 Å². The Morgan fingerprint density at radius 1 is 1.22 bits per heavy atom. The van der Waals surface area contributed by atoms with Gasteiger partial charge < -0.3 is 24.6 Å². The molecule has 3 rings (SSSR count). The number of rotatable bonds is 6. The van der Waals surface area contributed by atoms with Gasteiger partial charge in [-0.05, 0) is 12.1 Å².